The maximum Gasteiger partial charge on any atom is 0.303 e. The molecule has 0 radical (unpaired) electrons. The summed E-state index contributed by atoms with van der Waals surface area (Å²) in [7, 11) is 0. The van der Waals surface area contributed by atoms with E-state index >= 15 is 0 Å². The minimum atomic E-state index is -1.12. The Morgan fingerprint density at radius 1 is 1.03 bits per heavy atom. The summed E-state index contributed by atoms with van der Waals surface area (Å²) >= 11 is 0. The van der Waals surface area contributed by atoms with Crippen LogP contribution < -0.4 is 0 Å². The number of hydrogen-bond acceptors (Lipinski definition) is 4. The van der Waals surface area contributed by atoms with Gasteiger partial charge in [-0.15, -0.1) is 0 Å². The smallest absolute Gasteiger partial charge is 0.303 e. The monoisotopic (exact) mass is 462 g/mol. The Morgan fingerprint density at radius 2 is 1.76 bits per heavy atom. The number of carbonyl (C=O) groups excluding carboxylic acids is 1. The van der Waals surface area contributed by atoms with Crippen molar-refractivity contribution in [1.82, 2.24) is 0 Å². The molecule has 0 aromatic rings. The van der Waals surface area contributed by atoms with Crippen molar-refractivity contribution in [2.24, 2.45) is 46.3 Å². The minimum absolute atomic E-state index is 0.294. The standard InChI is InChI=1S/C29H50O4/c1-18(2)8-7-9-19(3)23-10-11-24-22-16-26(33-20(4)30)29(32)17-21(31)12-15-28(29,6)25(22)13-14-27(23,24)5/h18-19,21-26,31-32H,7-17H2,1-6H3/t19-,21+,22+,23-,24-,25+,26-,27-,28-,29+/m1/s1. The third-order valence-electron chi connectivity index (χ3n) is 11.3. The Balaban J connectivity index is 1.58. The molecule has 4 rings (SSSR count). The SMILES string of the molecule is CC(=O)O[C@@H]1C[C@H]2[C@H]3CC[C@H]([C@H](C)CCCC(C)C)[C@@]3(C)CC[C@@H]2[C@@]2(C)CC[C@H](O)C[C@]12O. The molecule has 0 aromatic heterocycles. The molecule has 10 atom stereocenters. The summed E-state index contributed by atoms with van der Waals surface area (Å²) in [6.07, 6.45) is 10.7. The third kappa shape index (κ3) is 4.20. The largest absolute Gasteiger partial charge is 0.459 e. The molecule has 4 heteroatoms. The molecule has 0 aromatic carbocycles. The Morgan fingerprint density at radius 3 is 2.42 bits per heavy atom. The first-order valence-electron chi connectivity index (χ1n) is 14.0. The van der Waals surface area contributed by atoms with E-state index in [0.717, 1.165) is 43.4 Å². The van der Waals surface area contributed by atoms with Crippen LogP contribution in [0.1, 0.15) is 112 Å². The average molecular weight is 463 g/mol. The van der Waals surface area contributed by atoms with Crippen LogP contribution in [0.5, 0.6) is 0 Å². The lowest BCUT2D eigenvalue weighted by molar-refractivity contribution is -0.269. The number of esters is 1. The van der Waals surface area contributed by atoms with E-state index in [9.17, 15) is 15.0 Å². The maximum atomic E-state index is 12.1. The van der Waals surface area contributed by atoms with Crippen molar-refractivity contribution in [2.45, 2.75) is 130 Å². The van der Waals surface area contributed by atoms with Gasteiger partial charge in [-0.1, -0.05) is 53.9 Å². The van der Waals surface area contributed by atoms with Gasteiger partial charge in [-0.3, -0.25) is 4.79 Å². The van der Waals surface area contributed by atoms with E-state index in [4.69, 9.17) is 4.74 Å². The summed E-state index contributed by atoms with van der Waals surface area (Å²) in [6.45, 7) is 13.4. The molecule has 4 nitrogen and oxygen atoms in total. The second-order valence-corrected chi connectivity index (χ2v) is 13.5. The summed E-state index contributed by atoms with van der Waals surface area (Å²) in [5.74, 6) is 3.63. The van der Waals surface area contributed by atoms with Crippen molar-refractivity contribution in [3.8, 4) is 0 Å². The molecule has 0 spiro atoms. The number of aliphatic hydroxyl groups is 2. The molecule has 0 aliphatic heterocycles. The number of hydrogen-bond donors (Lipinski definition) is 2. The molecule has 4 aliphatic carbocycles. The van der Waals surface area contributed by atoms with Gasteiger partial charge in [0.25, 0.3) is 0 Å². The first-order chi connectivity index (χ1) is 15.4. The third-order valence-corrected chi connectivity index (χ3v) is 11.3. The summed E-state index contributed by atoms with van der Waals surface area (Å²) < 4.78 is 5.86. The fourth-order valence-electron chi connectivity index (χ4n) is 9.60. The van der Waals surface area contributed by atoms with Crippen LogP contribution in [-0.4, -0.2) is 34.0 Å². The molecule has 4 saturated carbocycles. The highest BCUT2D eigenvalue weighted by molar-refractivity contribution is 5.66. The van der Waals surface area contributed by atoms with Gasteiger partial charge in [-0.05, 0) is 85.9 Å². The number of fused-ring (bicyclic) bond motifs is 5. The first kappa shape index (κ1) is 25.5. The molecule has 4 aliphatic rings. The van der Waals surface area contributed by atoms with Gasteiger partial charge in [0.2, 0.25) is 0 Å². The molecule has 33 heavy (non-hydrogen) atoms. The normalized spacial score (nSPS) is 48.0. The predicted octanol–water partition coefficient (Wildman–Crippen LogP) is 6.13. The van der Waals surface area contributed by atoms with Crippen LogP contribution in [0.25, 0.3) is 0 Å². The molecule has 0 saturated heterocycles. The number of carbonyl (C=O) groups is 1. The van der Waals surface area contributed by atoms with E-state index in [1.165, 1.54) is 45.4 Å². The highest BCUT2D eigenvalue weighted by atomic mass is 16.6. The molecule has 0 bridgehead atoms. The van der Waals surface area contributed by atoms with E-state index in [0.29, 0.717) is 29.6 Å². The van der Waals surface area contributed by atoms with Crippen molar-refractivity contribution < 1.29 is 19.7 Å². The zero-order valence-electron chi connectivity index (χ0n) is 22.1. The second kappa shape index (κ2) is 9.12. The number of aliphatic hydroxyl groups excluding tert-OH is 1. The molecule has 190 valence electrons. The van der Waals surface area contributed by atoms with Gasteiger partial charge in [0.05, 0.1) is 6.10 Å². The van der Waals surface area contributed by atoms with Crippen LogP contribution in [0.3, 0.4) is 0 Å². The van der Waals surface area contributed by atoms with E-state index in [2.05, 4.69) is 34.6 Å². The van der Waals surface area contributed by atoms with Crippen LogP contribution in [-0.2, 0) is 9.53 Å². The predicted molar refractivity (Wildman–Crippen MR) is 131 cm³/mol. The van der Waals surface area contributed by atoms with Crippen molar-refractivity contribution in [3.05, 3.63) is 0 Å². The molecule has 0 heterocycles. The fourth-order valence-corrected chi connectivity index (χ4v) is 9.60. The van der Waals surface area contributed by atoms with Gasteiger partial charge in [-0.2, -0.15) is 0 Å². The molecule has 2 N–H and O–H groups in total. The Bertz CT molecular complexity index is 720. The number of ether oxygens (including phenoxy) is 1. The Hall–Kier alpha value is -0.610. The van der Waals surface area contributed by atoms with Gasteiger partial charge in [0, 0.05) is 18.8 Å². The lowest BCUT2D eigenvalue weighted by Crippen LogP contribution is -2.69. The molecular formula is C29H50O4. The maximum absolute atomic E-state index is 12.1. The van der Waals surface area contributed by atoms with Gasteiger partial charge >= 0.3 is 5.97 Å². The molecule has 0 unspecified atom stereocenters. The summed E-state index contributed by atoms with van der Waals surface area (Å²) in [5, 5.41) is 22.5. The lowest BCUT2D eigenvalue weighted by Gasteiger charge is -2.65. The molecule has 4 fully saturated rings. The summed E-state index contributed by atoms with van der Waals surface area (Å²) in [6, 6.07) is 0. The summed E-state index contributed by atoms with van der Waals surface area (Å²) in [5.41, 5.74) is -1.05. The van der Waals surface area contributed by atoms with Crippen LogP contribution in [0.2, 0.25) is 0 Å². The van der Waals surface area contributed by atoms with Crippen molar-refractivity contribution in [1.29, 1.82) is 0 Å². The lowest BCUT2D eigenvalue weighted by atomic mass is 9.42. The van der Waals surface area contributed by atoms with Gasteiger partial charge in [0.1, 0.15) is 11.7 Å². The molecular weight excluding hydrogens is 412 g/mol. The van der Waals surface area contributed by atoms with E-state index in [1.54, 1.807) is 0 Å². The van der Waals surface area contributed by atoms with Crippen LogP contribution in [0.4, 0.5) is 0 Å². The van der Waals surface area contributed by atoms with Gasteiger partial charge < -0.3 is 14.9 Å². The molecule has 0 amide bonds. The second-order valence-electron chi connectivity index (χ2n) is 13.5. The Labute approximate surface area is 202 Å². The Kier molecular flexibility index (Phi) is 7.04. The van der Waals surface area contributed by atoms with Crippen molar-refractivity contribution in [2.75, 3.05) is 0 Å². The van der Waals surface area contributed by atoms with Crippen LogP contribution in [0, 0.1) is 46.3 Å². The average Bonchev–Trinajstić information content (AvgIpc) is 3.07. The van der Waals surface area contributed by atoms with Gasteiger partial charge in [-0.25, -0.2) is 0 Å². The summed E-state index contributed by atoms with van der Waals surface area (Å²) in [4.78, 5) is 12.1. The highest BCUT2D eigenvalue weighted by Crippen LogP contribution is 2.69. The number of rotatable bonds is 6. The zero-order chi connectivity index (χ0) is 24.2. The first-order valence-corrected chi connectivity index (χ1v) is 14.0. The van der Waals surface area contributed by atoms with Crippen molar-refractivity contribution >= 4 is 5.97 Å². The van der Waals surface area contributed by atoms with Gasteiger partial charge in [0.15, 0.2) is 0 Å². The van der Waals surface area contributed by atoms with E-state index < -0.39 is 17.8 Å². The zero-order valence-corrected chi connectivity index (χ0v) is 22.1. The van der Waals surface area contributed by atoms with E-state index in [1.807, 2.05) is 0 Å². The quantitative estimate of drug-likeness (QED) is 0.466. The fraction of sp³-hybridized carbons (Fsp3) is 0.966. The minimum Gasteiger partial charge on any atom is -0.459 e. The highest BCUT2D eigenvalue weighted by Gasteiger charge is 2.68. The van der Waals surface area contributed by atoms with E-state index in [-0.39, 0.29) is 11.4 Å². The topological polar surface area (TPSA) is 66.8 Å². The van der Waals surface area contributed by atoms with Crippen molar-refractivity contribution in [3.63, 3.8) is 0 Å². The van der Waals surface area contributed by atoms with Crippen LogP contribution in [0.15, 0.2) is 0 Å². The van der Waals surface area contributed by atoms with Crippen LogP contribution >= 0.6 is 0 Å².